The summed E-state index contributed by atoms with van der Waals surface area (Å²) in [5.41, 5.74) is 1.95. The molecule has 0 aliphatic carbocycles. The van der Waals surface area contributed by atoms with E-state index in [1.165, 1.54) is 17.0 Å². The number of nitrogens with zero attached hydrogens (tertiary/aromatic N) is 2. The molecule has 0 spiro atoms. The van der Waals surface area contributed by atoms with Crippen LogP contribution >= 0.6 is 0 Å². The molecule has 1 aliphatic rings. The third-order valence-electron chi connectivity index (χ3n) is 6.48. The van der Waals surface area contributed by atoms with E-state index in [0.717, 1.165) is 24.4 Å². The smallest absolute Gasteiger partial charge is 0.295 e. The molecule has 1 saturated heterocycles. The summed E-state index contributed by atoms with van der Waals surface area (Å²) in [7, 11) is 0. The van der Waals surface area contributed by atoms with Gasteiger partial charge in [-0.2, -0.15) is 0 Å². The van der Waals surface area contributed by atoms with Crippen LogP contribution in [0.3, 0.4) is 0 Å². The largest absolute Gasteiger partial charge is 0.508 e. The lowest BCUT2D eigenvalue weighted by atomic mass is 9.93. The predicted octanol–water partition coefficient (Wildman–Crippen LogP) is 4.68. The van der Waals surface area contributed by atoms with Crippen LogP contribution in [0, 0.1) is 0 Å². The molecule has 1 heterocycles. The van der Waals surface area contributed by atoms with E-state index in [4.69, 9.17) is 4.74 Å². The first kappa shape index (κ1) is 26.3. The Bertz CT molecular complexity index is 1100. The van der Waals surface area contributed by atoms with Crippen molar-refractivity contribution < 1.29 is 24.5 Å². The Labute approximate surface area is 207 Å². The molecule has 3 rings (SSSR count). The zero-order valence-corrected chi connectivity index (χ0v) is 21.2. The highest BCUT2D eigenvalue weighted by Gasteiger charge is 2.46. The number of carbonyl (C=O) groups is 2. The Kier molecular flexibility index (Phi) is 8.57. The number of phenolic OH excluding ortho intramolecular Hbond substituents is 1. The fourth-order valence-corrected chi connectivity index (χ4v) is 4.53. The summed E-state index contributed by atoms with van der Waals surface area (Å²) in [6.45, 7) is 13.1. The van der Waals surface area contributed by atoms with E-state index in [9.17, 15) is 19.8 Å². The first-order valence-corrected chi connectivity index (χ1v) is 12.3. The van der Waals surface area contributed by atoms with Crippen molar-refractivity contribution in [1.82, 2.24) is 9.80 Å². The second-order valence-corrected chi connectivity index (χ2v) is 8.95. The van der Waals surface area contributed by atoms with Gasteiger partial charge in [0, 0.05) is 18.7 Å². The van der Waals surface area contributed by atoms with Crippen LogP contribution in [0.15, 0.2) is 48.0 Å². The lowest BCUT2D eigenvalue weighted by Crippen LogP contribution is -2.38. The SMILES string of the molecule is CCOc1ccc(/C(O)=C2/C(=O)C(=O)N(CCN(CC)CC)C2c2cccc(O)c2)cc1C(C)C. The topological polar surface area (TPSA) is 90.3 Å². The zero-order valence-electron chi connectivity index (χ0n) is 21.2. The Morgan fingerprint density at radius 2 is 1.80 bits per heavy atom. The number of ketones is 1. The van der Waals surface area contributed by atoms with Crippen LogP contribution in [0.4, 0.5) is 0 Å². The maximum absolute atomic E-state index is 13.3. The number of likely N-dealkylation sites (tertiary alicyclic amines) is 1. The summed E-state index contributed by atoms with van der Waals surface area (Å²) in [4.78, 5) is 30.1. The van der Waals surface area contributed by atoms with E-state index in [-0.39, 0.29) is 23.0 Å². The average Bonchev–Trinajstić information content (AvgIpc) is 3.09. The van der Waals surface area contributed by atoms with Crippen LogP contribution in [-0.2, 0) is 9.59 Å². The number of aromatic hydroxyl groups is 1. The van der Waals surface area contributed by atoms with Crippen molar-refractivity contribution in [2.24, 2.45) is 0 Å². The van der Waals surface area contributed by atoms with Crippen molar-refractivity contribution in [2.45, 2.75) is 46.6 Å². The molecule has 0 bridgehead atoms. The molecule has 35 heavy (non-hydrogen) atoms. The molecule has 1 unspecified atom stereocenters. The highest BCUT2D eigenvalue weighted by atomic mass is 16.5. The van der Waals surface area contributed by atoms with Gasteiger partial charge < -0.3 is 24.7 Å². The number of hydrogen-bond acceptors (Lipinski definition) is 6. The van der Waals surface area contributed by atoms with E-state index in [1.807, 2.05) is 40.7 Å². The lowest BCUT2D eigenvalue weighted by molar-refractivity contribution is -0.140. The molecule has 0 radical (unpaired) electrons. The van der Waals surface area contributed by atoms with Crippen LogP contribution in [-0.4, -0.2) is 64.5 Å². The minimum Gasteiger partial charge on any atom is -0.508 e. The Hall–Kier alpha value is -3.32. The number of aliphatic hydroxyl groups is 1. The van der Waals surface area contributed by atoms with Crippen LogP contribution in [0.1, 0.15) is 63.3 Å². The van der Waals surface area contributed by atoms with Gasteiger partial charge in [-0.1, -0.05) is 39.8 Å². The van der Waals surface area contributed by atoms with Crippen LogP contribution in [0.25, 0.3) is 5.76 Å². The normalized spacial score (nSPS) is 17.6. The van der Waals surface area contributed by atoms with Gasteiger partial charge in [-0.15, -0.1) is 0 Å². The molecular weight excluding hydrogens is 444 g/mol. The van der Waals surface area contributed by atoms with Crippen LogP contribution in [0.5, 0.6) is 11.5 Å². The summed E-state index contributed by atoms with van der Waals surface area (Å²) in [6, 6.07) is 11.0. The molecule has 7 heteroatoms. The third kappa shape index (κ3) is 5.51. The summed E-state index contributed by atoms with van der Waals surface area (Å²) in [6.07, 6.45) is 0. The number of carbonyl (C=O) groups excluding carboxylic acids is 2. The van der Waals surface area contributed by atoms with Crippen LogP contribution in [0.2, 0.25) is 0 Å². The third-order valence-corrected chi connectivity index (χ3v) is 6.48. The number of amides is 1. The van der Waals surface area contributed by atoms with Gasteiger partial charge in [-0.3, -0.25) is 9.59 Å². The van der Waals surface area contributed by atoms with Crippen molar-refractivity contribution >= 4 is 17.4 Å². The zero-order chi connectivity index (χ0) is 25.7. The first-order valence-electron chi connectivity index (χ1n) is 12.3. The van der Waals surface area contributed by atoms with Crippen LogP contribution < -0.4 is 4.74 Å². The molecule has 2 N–H and O–H groups in total. The minimum absolute atomic E-state index is 0.0269. The molecule has 7 nitrogen and oxygen atoms in total. The van der Waals surface area contributed by atoms with Gasteiger partial charge >= 0.3 is 0 Å². The Morgan fingerprint density at radius 1 is 1.09 bits per heavy atom. The van der Waals surface area contributed by atoms with Crippen molar-refractivity contribution in [3.8, 4) is 11.5 Å². The van der Waals surface area contributed by atoms with Crippen molar-refractivity contribution in [3.05, 3.63) is 64.7 Å². The van der Waals surface area contributed by atoms with Gasteiger partial charge in [0.15, 0.2) is 0 Å². The number of likely N-dealkylation sites (N-methyl/N-ethyl adjacent to an activating group) is 1. The van der Waals surface area contributed by atoms with Gasteiger partial charge in [-0.05, 0) is 67.4 Å². The van der Waals surface area contributed by atoms with E-state index >= 15 is 0 Å². The maximum atomic E-state index is 13.3. The number of rotatable bonds is 10. The summed E-state index contributed by atoms with van der Waals surface area (Å²) in [5.74, 6) is -0.727. The number of phenols is 1. The summed E-state index contributed by atoms with van der Waals surface area (Å²) >= 11 is 0. The van der Waals surface area contributed by atoms with E-state index < -0.39 is 17.7 Å². The molecule has 1 aliphatic heterocycles. The number of hydrogen-bond donors (Lipinski definition) is 2. The van der Waals surface area contributed by atoms with E-state index in [1.54, 1.807) is 24.3 Å². The van der Waals surface area contributed by atoms with Gasteiger partial charge in [-0.25, -0.2) is 0 Å². The second-order valence-electron chi connectivity index (χ2n) is 8.95. The highest BCUT2D eigenvalue weighted by Crippen LogP contribution is 2.41. The minimum atomic E-state index is -0.799. The number of ether oxygens (including phenoxy) is 1. The molecule has 1 fully saturated rings. The number of benzene rings is 2. The fourth-order valence-electron chi connectivity index (χ4n) is 4.53. The quantitative estimate of drug-likeness (QED) is 0.292. The maximum Gasteiger partial charge on any atom is 0.295 e. The lowest BCUT2D eigenvalue weighted by Gasteiger charge is -2.28. The molecule has 0 saturated carbocycles. The molecule has 2 aromatic carbocycles. The summed E-state index contributed by atoms with van der Waals surface area (Å²) < 4.78 is 5.73. The van der Waals surface area contributed by atoms with Gasteiger partial charge in [0.05, 0.1) is 18.2 Å². The second kappa shape index (κ2) is 11.4. The standard InChI is InChI=1S/C28H36N2O5/c1-6-29(7-2)14-15-30-25(19-10-9-11-21(31)16-19)24(27(33)28(30)34)26(32)20-12-13-23(35-8-3)22(17-20)18(4)5/h9-13,16-18,25,31-32H,6-8,14-15H2,1-5H3/b26-24-. The van der Waals surface area contributed by atoms with E-state index in [2.05, 4.69) is 4.90 Å². The summed E-state index contributed by atoms with van der Waals surface area (Å²) in [5, 5.41) is 21.5. The molecule has 1 amide bonds. The Morgan fingerprint density at radius 3 is 2.40 bits per heavy atom. The molecular formula is C28H36N2O5. The van der Waals surface area contributed by atoms with Gasteiger partial charge in [0.25, 0.3) is 11.7 Å². The first-order chi connectivity index (χ1) is 16.7. The van der Waals surface area contributed by atoms with Crippen molar-refractivity contribution in [3.63, 3.8) is 0 Å². The number of Topliss-reactive ketones (excluding diaryl/α,β-unsaturated/α-hetero) is 1. The average molecular weight is 481 g/mol. The predicted molar refractivity (Wildman–Crippen MR) is 137 cm³/mol. The number of aliphatic hydroxyl groups excluding tert-OH is 1. The monoisotopic (exact) mass is 480 g/mol. The molecule has 0 aromatic heterocycles. The molecule has 188 valence electrons. The molecule has 1 atom stereocenters. The van der Waals surface area contributed by atoms with Crippen molar-refractivity contribution in [2.75, 3.05) is 32.8 Å². The van der Waals surface area contributed by atoms with Gasteiger partial charge in [0.1, 0.15) is 17.3 Å². The van der Waals surface area contributed by atoms with Gasteiger partial charge in [0.2, 0.25) is 0 Å². The molecule has 2 aromatic rings. The van der Waals surface area contributed by atoms with Crippen molar-refractivity contribution in [1.29, 1.82) is 0 Å². The Balaban J connectivity index is 2.14. The highest BCUT2D eigenvalue weighted by molar-refractivity contribution is 6.46. The fraction of sp³-hybridized carbons (Fsp3) is 0.429. The van der Waals surface area contributed by atoms with E-state index in [0.29, 0.717) is 30.8 Å².